The first-order valence-electron chi connectivity index (χ1n) is 10.5. The molecule has 162 valence electrons. The summed E-state index contributed by atoms with van der Waals surface area (Å²) in [5, 5.41) is 12.2. The summed E-state index contributed by atoms with van der Waals surface area (Å²) >= 11 is 1.44. The Kier molecular flexibility index (Phi) is 5.24. The lowest BCUT2D eigenvalue weighted by Crippen LogP contribution is -2.72. The van der Waals surface area contributed by atoms with Gasteiger partial charge in [-0.15, -0.1) is 11.8 Å². The fraction of sp³-hybridized carbons (Fsp3) is 0.591. The molecule has 2 aliphatic heterocycles. The van der Waals surface area contributed by atoms with Gasteiger partial charge in [0.25, 0.3) is 0 Å². The molecule has 3 fully saturated rings. The lowest BCUT2D eigenvalue weighted by atomic mass is 9.63. The van der Waals surface area contributed by atoms with Gasteiger partial charge in [0.15, 0.2) is 0 Å². The molecule has 1 saturated carbocycles. The monoisotopic (exact) mass is 432 g/mol. The number of fused-ring (bicyclic) bond motifs is 1. The summed E-state index contributed by atoms with van der Waals surface area (Å²) in [6.45, 7) is 6.27. The zero-order valence-corrected chi connectivity index (χ0v) is 18.3. The van der Waals surface area contributed by atoms with Crippen LogP contribution in [0.1, 0.15) is 52.0 Å². The predicted molar refractivity (Wildman–Crippen MR) is 113 cm³/mol. The van der Waals surface area contributed by atoms with Crippen LogP contribution in [0.3, 0.4) is 0 Å². The van der Waals surface area contributed by atoms with E-state index < -0.39 is 28.2 Å². The van der Waals surface area contributed by atoms with E-state index >= 15 is 0 Å². The molecule has 0 bridgehead atoms. The van der Waals surface area contributed by atoms with Crippen LogP contribution in [0.4, 0.5) is 0 Å². The first-order chi connectivity index (χ1) is 14.2. The molecule has 8 heteroatoms. The quantitative estimate of drug-likeness (QED) is 0.643. The van der Waals surface area contributed by atoms with Crippen molar-refractivity contribution in [1.82, 2.24) is 10.2 Å². The Morgan fingerprint density at radius 2 is 2.00 bits per heavy atom. The van der Waals surface area contributed by atoms with E-state index in [1.807, 2.05) is 45.0 Å². The summed E-state index contributed by atoms with van der Waals surface area (Å²) in [6.07, 6.45) is 3.22. The predicted octanol–water partition coefficient (Wildman–Crippen LogP) is 2.53. The average Bonchev–Trinajstić information content (AvgIpc) is 2.92. The third-order valence-corrected chi connectivity index (χ3v) is 8.04. The zero-order chi connectivity index (χ0) is 21.7. The standard InChI is InChI=1S/C22H28N2O5S/c1-4-12-29-14-9-6-5-8-13(14)22(10-7-11-22)20(28)23-15-17(25)24-16(19(26)27)21(2,3)30-18(15)24/h5-6,8-9,15-16,18H,4,7,10-12H2,1-3H3,(H,23,28)(H,26,27). The highest BCUT2D eigenvalue weighted by Crippen LogP contribution is 2.52. The lowest BCUT2D eigenvalue weighted by molar-refractivity contribution is -0.161. The number of carboxylic acid groups (broad SMARTS) is 1. The maximum absolute atomic E-state index is 13.4. The van der Waals surface area contributed by atoms with Crippen molar-refractivity contribution in [2.24, 2.45) is 0 Å². The van der Waals surface area contributed by atoms with Gasteiger partial charge in [0.2, 0.25) is 11.8 Å². The molecule has 3 unspecified atom stereocenters. The van der Waals surface area contributed by atoms with E-state index in [0.717, 1.165) is 24.2 Å². The van der Waals surface area contributed by atoms with Crippen molar-refractivity contribution in [2.75, 3.05) is 6.61 Å². The number of benzene rings is 1. The topological polar surface area (TPSA) is 95.9 Å². The normalized spacial score (nSPS) is 28.2. The molecule has 3 aliphatic rings. The van der Waals surface area contributed by atoms with Crippen molar-refractivity contribution < 1.29 is 24.2 Å². The maximum Gasteiger partial charge on any atom is 0.327 e. The highest BCUT2D eigenvalue weighted by molar-refractivity contribution is 8.01. The van der Waals surface area contributed by atoms with Crippen molar-refractivity contribution in [1.29, 1.82) is 0 Å². The van der Waals surface area contributed by atoms with Crippen LogP contribution in [0.5, 0.6) is 5.75 Å². The van der Waals surface area contributed by atoms with Crippen LogP contribution in [0.15, 0.2) is 24.3 Å². The number of carbonyl (C=O) groups excluding carboxylic acids is 2. The molecule has 2 heterocycles. The van der Waals surface area contributed by atoms with Crippen LogP contribution in [0, 0.1) is 0 Å². The minimum atomic E-state index is -1.01. The largest absolute Gasteiger partial charge is 0.493 e. The summed E-state index contributed by atoms with van der Waals surface area (Å²) in [5.74, 6) is -0.774. The molecule has 2 amide bonds. The van der Waals surface area contributed by atoms with Gasteiger partial charge in [-0.1, -0.05) is 31.5 Å². The van der Waals surface area contributed by atoms with E-state index in [0.29, 0.717) is 19.4 Å². The molecule has 2 N–H and O–H groups in total. The number of aliphatic carboxylic acids is 1. The second-order valence-electron chi connectivity index (χ2n) is 8.83. The molecule has 0 aromatic heterocycles. The first kappa shape index (κ1) is 21.0. The van der Waals surface area contributed by atoms with Crippen molar-refractivity contribution in [2.45, 2.75) is 74.1 Å². The van der Waals surface area contributed by atoms with E-state index in [4.69, 9.17) is 4.74 Å². The average molecular weight is 433 g/mol. The van der Waals surface area contributed by atoms with Crippen molar-refractivity contribution in [3.63, 3.8) is 0 Å². The highest BCUT2D eigenvalue weighted by Gasteiger charge is 2.65. The fourth-order valence-corrected chi connectivity index (χ4v) is 6.40. The Bertz CT molecular complexity index is 882. The summed E-state index contributed by atoms with van der Waals surface area (Å²) < 4.78 is 5.29. The molecule has 1 aromatic rings. The van der Waals surface area contributed by atoms with Gasteiger partial charge in [-0.05, 0) is 39.2 Å². The van der Waals surface area contributed by atoms with Crippen LogP contribution < -0.4 is 10.1 Å². The second-order valence-corrected chi connectivity index (χ2v) is 10.6. The summed E-state index contributed by atoms with van der Waals surface area (Å²) in [4.78, 5) is 39.3. The van der Waals surface area contributed by atoms with E-state index in [1.165, 1.54) is 16.7 Å². The molecule has 0 radical (unpaired) electrons. The number of thioether (sulfide) groups is 1. The fourth-order valence-electron chi connectivity index (χ4n) is 4.77. The molecule has 0 spiro atoms. The summed E-state index contributed by atoms with van der Waals surface area (Å²) in [5.41, 5.74) is 0.171. The smallest absolute Gasteiger partial charge is 0.327 e. The van der Waals surface area contributed by atoms with Crippen LogP contribution in [-0.2, 0) is 19.8 Å². The molecule has 2 saturated heterocycles. The van der Waals surface area contributed by atoms with Gasteiger partial charge in [-0.2, -0.15) is 0 Å². The number of para-hydroxylation sites is 1. The minimum absolute atomic E-state index is 0.170. The van der Waals surface area contributed by atoms with Crippen LogP contribution >= 0.6 is 11.8 Å². The Labute approximate surface area is 180 Å². The van der Waals surface area contributed by atoms with Crippen molar-refractivity contribution in [3.8, 4) is 5.75 Å². The van der Waals surface area contributed by atoms with Gasteiger partial charge in [-0.25, -0.2) is 4.79 Å². The molecular weight excluding hydrogens is 404 g/mol. The number of amides is 2. The third-order valence-electron chi connectivity index (χ3n) is 6.47. The maximum atomic E-state index is 13.4. The van der Waals surface area contributed by atoms with Gasteiger partial charge < -0.3 is 20.1 Å². The number of ether oxygens (including phenoxy) is 1. The Morgan fingerprint density at radius 3 is 2.60 bits per heavy atom. The summed E-state index contributed by atoms with van der Waals surface area (Å²) in [6, 6.07) is 6.06. The van der Waals surface area contributed by atoms with Gasteiger partial charge in [0, 0.05) is 10.3 Å². The molecular formula is C22H28N2O5S. The highest BCUT2D eigenvalue weighted by atomic mass is 32.2. The van der Waals surface area contributed by atoms with Crippen LogP contribution in [0.2, 0.25) is 0 Å². The Morgan fingerprint density at radius 1 is 1.30 bits per heavy atom. The molecule has 3 atom stereocenters. The van der Waals surface area contributed by atoms with Crippen LogP contribution in [-0.4, -0.2) is 56.6 Å². The van der Waals surface area contributed by atoms with Gasteiger partial charge in [0.1, 0.15) is 23.2 Å². The van der Waals surface area contributed by atoms with Crippen LogP contribution in [0.25, 0.3) is 0 Å². The summed E-state index contributed by atoms with van der Waals surface area (Å²) in [7, 11) is 0. The van der Waals surface area contributed by atoms with E-state index in [9.17, 15) is 19.5 Å². The zero-order valence-electron chi connectivity index (χ0n) is 17.5. The number of nitrogens with one attached hydrogen (secondary N) is 1. The number of carbonyl (C=O) groups is 3. The van der Waals surface area contributed by atoms with Gasteiger partial charge >= 0.3 is 5.97 Å². The number of β-lactam (4-membered cyclic amide) rings is 1. The number of hydrogen-bond donors (Lipinski definition) is 2. The first-order valence-corrected chi connectivity index (χ1v) is 11.4. The van der Waals surface area contributed by atoms with Gasteiger partial charge in [0.05, 0.1) is 12.0 Å². The van der Waals surface area contributed by atoms with Gasteiger partial charge in [-0.3, -0.25) is 9.59 Å². The SMILES string of the molecule is CCCOc1ccccc1C1(C(=O)NC2C(=O)N3C2SC(C)(C)C3C(=O)O)CCC1. The number of carboxylic acids is 1. The van der Waals surface area contributed by atoms with E-state index in [2.05, 4.69) is 5.32 Å². The minimum Gasteiger partial charge on any atom is -0.493 e. The number of rotatable bonds is 7. The Hall–Kier alpha value is -2.22. The lowest BCUT2D eigenvalue weighted by Gasteiger charge is -2.47. The molecule has 4 rings (SSSR count). The molecule has 1 aromatic carbocycles. The molecule has 7 nitrogen and oxygen atoms in total. The third kappa shape index (κ3) is 3.07. The van der Waals surface area contributed by atoms with E-state index in [1.54, 1.807) is 0 Å². The second kappa shape index (κ2) is 7.48. The van der Waals surface area contributed by atoms with Crippen molar-refractivity contribution in [3.05, 3.63) is 29.8 Å². The number of nitrogens with zero attached hydrogens (tertiary/aromatic N) is 1. The Balaban J connectivity index is 1.55. The molecule has 30 heavy (non-hydrogen) atoms. The van der Waals surface area contributed by atoms with E-state index in [-0.39, 0.29) is 17.2 Å². The number of hydrogen-bond acceptors (Lipinski definition) is 5. The molecule has 1 aliphatic carbocycles. The van der Waals surface area contributed by atoms with Crippen molar-refractivity contribution >= 4 is 29.5 Å².